The van der Waals surface area contributed by atoms with Crippen LogP contribution in [0.2, 0.25) is 0 Å². The third kappa shape index (κ3) is 4.89. The van der Waals surface area contributed by atoms with Gasteiger partial charge in [-0.1, -0.05) is 26.0 Å². The Morgan fingerprint density at radius 2 is 2.06 bits per heavy atom. The van der Waals surface area contributed by atoms with Crippen molar-refractivity contribution in [2.24, 2.45) is 0 Å². The number of carboxylic acid groups (broad SMARTS) is 1. The molecule has 0 saturated carbocycles. The fourth-order valence-electron chi connectivity index (χ4n) is 1.56. The lowest BCUT2D eigenvalue weighted by Crippen LogP contribution is -2.13. The molecule has 0 aromatic heterocycles. The molecule has 1 aromatic rings. The van der Waals surface area contributed by atoms with E-state index in [4.69, 9.17) is 9.84 Å². The number of hydrogen-bond donors (Lipinski definition) is 1. The Balaban J connectivity index is 2.55. The molecule has 3 heteroatoms. The van der Waals surface area contributed by atoms with Gasteiger partial charge in [0, 0.05) is 6.42 Å². The third-order valence-electron chi connectivity index (χ3n) is 2.63. The highest BCUT2D eigenvalue weighted by molar-refractivity contribution is 5.66. The Morgan fingerprint density at radius 3 is 2.65 bits per heavy atom. The summed E-state index contributed by atoms with van der Waals surface area (Å²) in [5.41, 5.74) is 1.23. The van der Waals surface area contributed by atoms with Crippen molar-refractivity contribution >= 4 is 5.97 Å². The summed E-state index contributed by atoms with van der Waals surface area (Å²) < 4.78 is 5.69. The van der Waals surface area contributed by atoms with E-state index in [0.717, 1.165) is 5.75 Å². The fraction of sp³-hybridized carbons (Fsp3) is 0.500. The molecular formula is C14H20O3. The zero-order valence-corrected chi connectivity index (χ0v) is 10.6. The highest BCUT2D eigenvalue weighted by Crippen LogP contribution is 2.21. The summed E-state index contributed by atoms with van der Waals surface area (Å²) in [4.78, 5) is 10.4. The van der Waals surface area contributed by atoms with Crippen molar-refractivity contribution in [3.8, 4) is 5.75 Å². The van der Waals surface area contributed by atoms with Gasteiger partial charge in [-0.25, -0.2) is 0 Å². The molecule has 0 aliphatic carbocycles. The van der Waals surface area contributed by atoms with Gasteiger partial charge in [0.15, 0.2) is 0 Å². The maximum Gasteiger partial charge on any atom is 0.303 e. The van der Waals surface area contributed by atoms with Crippen LogP contribution in [0.25, 0.3) is 0 Å². The zero-order valence-electron chi connectivity index (χ0n) is 10.6. The molecule has 1 rings (SSSR count). The van der Waals surface area contributed by atoms with E-state index >= 15 is 0 Å². The van der Waals surface area contributed by atoms with Crippen molar-refractivity contribution in [2.45, 2.75) is 45.6 Å². The molecule has 1 aromatic carbocycles. The summed E-state index contributed by atoms with van der Waals surface area (Å²) in [7, 11) is 0. The predicted molar refractivity (Wildman–Crippen MR) is 67.5 cm³/mol. The van der Waals surface area contributed by atoms with Gasteiger partial charge >= 0.3 is 5.97 Å². The van der Waals surface area contributed by atoms with Crippen molar-refractivity contribution in [3.63, 3.8) is 0 Å². The zero-order chi connectivity index (χ0) is 12.8. The van der Waals surface area contributed by atoms with Gasteiger partial charge in [-0.2, -0.15) is 0 Å². The van der Waals surface area contributed by atoms with Crippen molar-refractivity contribution in [1.29, 1.82) is 0 Å². The number of carboxylic acids is 1. The van der Waals surface area contributed by atoms with Crippen LogP contribution in [0.4, 0.5) is 0 Å². The molecule has 17 heavy (non-hydrogen) atoms. The second-order valence-corrected chi connectivity index (χ2v) is 4.59. The molecule has 1 atom stereocenters. The molecule has 0 aliphatic heterocycles. The van der Waals surface area contributed by atoms with E-state index in [1.165, 1.54) is 5.56 Å². The van der Waals surface area contributed by atoms with Crippen LogP contribution in [0.3, 0.4) is 0 Å². The van der Waals surface area contributed by atoms with Crippen LogP contribution < -0.4 is 4.74 Å². The summed E-state index contributed by atoms with van der Waals surface area (Å²) in [5, 5.41) is 8.59. The van der Waals surface area contributed by atoms with Crippen LogP contribution in [-0.4, -0.2) is 17.2 Å². The average molecular weight is 236 g/mol. The Hall–Kier alpha value is -1.51. The van der Waals surface area contributed by atoms with Crippen LogP contribution in [0.1, 0.15) is 45.1 Å². The lowest BCUT2D eigenvalue weighted by Gasteiger charge is -2.15. The fourth-order valence-corrected chi connectivity index (χ4v) is 1.56. The van der Waals surface area contributed by atoms with Crippen molar-refractivity contribution < 1.29 is 14.6 Å². The molecule has 0 heterocycles. The van der Waals surface area contributed by atoms with Gasteiger partial charge in [0.25, 0.3) is 0 Å². The van der Waals surface area contributed by atoms with Crippen molar-refractivity contribution in [3.05, 3.63) is 29.8 Å². The molecule has 94 valence electrons. The van der Waals surface area contributed by atoms with Gasteiger partial charge in [0.05, 0.1) is 6.10 Å². The van der Waals surface area contributed by atoms with Gasteiger partial charge in [0.1, 0.15) is 5.75 Å². The molecule has 0 radical (unpaired) electrons. The van der Waals surface area contributed by atoms with Crippen LogP contribution in [0.15, 0.2) is 24.3 Å². The first-order valence-electron chi connectivity index (χ1n) is 5.97. The van der Waals surface area contributed by atoms with Crippen LogP contribution in [-0.2, 0) is 4.79 Å². The number of aliphatic carboxylic acids is 1. The van der Waals surface area contributed by atoms with Crippen molar-refractivity contribution in [2.75, 3.05) is 0 Å². The van der Waals surface area contributed by atoms with E-state index in [9.17, 15) is 4.79 Å². The summed E-state index contributed by atoms with van der Waals surface area (Å²) in [5.74, 6) is 0.498. The summed E-state index contributed by atoms with van der Waals surface area (Å²) >= 11 is 0. The maximum absolute atomic E-state index is 10.4. The monoisotopic (exact) mass is 236 g/mol. The molecule has 0 aliphatic rings. The smallest absolute Gasteiger partial charge is 0.303 e. The molecule has 0 fully saturated rings. The Labute approximate surface area is 102 Å². The molecule has 0 amide bonds. The van der Waals surface area contributed by atoms with E-state index < -0.39 is 5.97 Å². The second-order valence-electron chi connectivity index (χ2n) is 4.59. The lowest BCUT2D eigenvalue weighted by molar-refractivity contribution is -0.137. The van der Waals surface area contributed by atoms with E-state index in [1.807, 2.05) is 25.1 Å². The maximum atomic E-state index is 10.4. The Morgan fingerprint density at radius 1 is 1.35 bits per heavy atom. The van der Waals surface area contributed by atoms with E-state index in [0.29, 0.717) is 12.3 Å². The van der Waals surface area contributed by atoms with Gasteiger partial charge in [0.2, 0.25) is 0 Å². The minimum absolute atomic E-state index is 0.0755. The summed E-state index contributed by atoms with van der Waals surface area (Å²) in [6, 6.07) is 7.96. The molecule has 0 spiro atoms. The number of benzene rings is 1. The Bertz CT molecular complexity index is 371. The van der Waals surface area contributed by atoms with Gasteiger partial charge in [-0.15, -0.1) is 0 Å². The van der Waals surface area contributed by atoms with Gasteiger partial charge in [-0.05, 0) is 37.0 Å². The average Bonchev–Trinajstić information content (AvgIpc) is 2.26. The normalized spacial score (nSPS) is 12.5. The molecule has 3 nitrogen and oxygen atoms in total. The topological polar surface area (TPSA) is 46.5 Å². The van der Waals surface area contributed by atoms with Gasteiger partial charge < -0.3 is 9.84 Å². The lowest BCUT2D eigenvalue weighted by atomic mass is 10.0. The first-order chi connectivity index (χ1) is 7.99. The first-order valence-corrected chi connectivity index (χ1v) is 5.97. The van der Waals surface area contributed by atoms with Crippen LogP contribution in [0.5, 0.6) is 5.75 Å². The third-order valence-corrected chi connectivity index (χ3v) is 2.63. The highest BCUT2D eigenvalue weighted by Gasteiger charge is 2.08. The van der Waals surface area contributed by atoms with Crippen LogP contribution in [0, 0.1) is 0 Å². The minimum Gasteiger partial charge on any atom is -0.491 e. The van der Waals surface area contributed by atoms with E-state index in [1.54, 1.807) is 0 Å². The SMILES string of the molecule is CC(CCC(=O)O)Oc1cccc(C(C)C)c1. The predicted octanol–water partition coefficient (Wildman–Crippen LogP) is 3.44. The summed E-state index contributed by atoms with van der Waals surface area (Å²) in [6.07, 6.45) is 0.597. The Kier molecular flexibility index (Phi) is 5.01. The number of carbonyl (C=O) groups is 1. The van der Waals surface area contributed by atoms with E-state index in [-0.39, 0.29) is 12.5 Å². The summed E-state index contributed by atoms with van der Waals surface area (Å²) in [6.45, 7) is 6.16. The minimum atomic E-state index is -0.781. The standard InChI is InChI=1S/C14H20O3/c1-10(2)12-5-4-6-13(9-12)17-11(3)7-8-14(15)16/h4-6,9-11H,7-8H2,1-3H3,(H,15,16). The molecule has 0 bridgehead atoms. The number of ether oxygens (including phenoxy) is 1. The molecule has 1 unspecified atom stereocenters. The molecular weight excluding hydrogens is 216 g/mol. The largest absolute Gasteiger partial charge is 0.491 e. The first kappa shape index (κ1) is 13.6. The van der Waals surface area contributed by atoms with Gasteiger partial charge in [-0.3, -0.25) is 4.79 Å². The molecule has 0 saturated heterocycles. The highest BCUT2D eigenvalue weighted by atomic mass is 16.5. The van der Waals surface area contributed by atoms with Crippen LogP contribution >= 0.6 is 0 Å². The van der Waals surface area contributed by atoms with E-state index in [2.05, 4.69) is 19.9 Å². The number of hydrogen-bond acceptors (Lipinski definition) is 2. The second kappa shape index (κ2) is 6.28. The van der Waals surface area contributed by atoms with Crippen molar-refractivity contribution in [1.82, 2.24) is 0 Å². The molecule has 1 N–H and O–H groups in total. The number of rotatable bonds is 6. The quantitative estimate of drug-likeness (QED) is 0.823.